The molecule has 0 amide bonds. The van der Waals surface area contributed by atoms with Gasteiger partial charge < -0.3 is 4.90 Å². The number of hydrogen-bond donors (Lipinski definition) is 0. The lowest BCUT2D eigenvalue weighted by Crippen LogP contribution is -2.21. The molecule has 1 aliphatic heterocycles. The first-order chi connectivity index (χ1) is 8.28. The molecular weight excluding hydrogens is 237 g/mol. The Morgan fingerprint density at radius 1 is 1.24 bits per heavy atom. The van der Waals surface area contributed by atoms with Gasteiger partial charge in [0.1, 0.15) is 5.82 Å². The molecule has 2 atom stereocenters. The van der Waals surface area contributed by atoms with Crippen LogP contribution in [0.25, 0.3) is 0 Å². The van der Waals surface area contributed by atoms with Crippen LogP contribution in [-0.4, -0.2) is 13.1 Å². The average Bonchev–Trinajstić information content (AvgIpc) is 2.89. The maximum Gasteiger partial charge on any atom is 0.146 e. The maximum atomic E-state index is 14.0. The van der Waals surface area contributed by atoms with Gasteiger partial charge in [-0.05, 0) is 42.4 Å². The van der Waals surface area contributed by atoms with Crippen molar-refractivity contribution in [2.45, 2.75) is 25.1 Å². The quantitative estimate of drug-likeness (QED) is 0.725. The zero-order valence-electron chi connectivity index (χ0n) is 9.83. The summed E-state index contributed by atoms with van der Waals surface area (Å²) in [6, 6.07) is 5.38. The van der Waals surface area contributed by atoms with Crippen LogP contribution >= 0.6 is 11.6 Å². The highest BCUT2D eigenvalue weighted by Crippen LogP contribution is 2.40. The number of rotatable bonds is 2. The Morgan fingerprint density at radius 2 is 1.94 bits per heavy atom. The molecular formula is C14H17ClFN. The van der Waals surface area contributed by atoms with Crippen molar-refractivity contribution >= 4 is 17.3 Å². The van der Waals surface area contributed by atoms with Crippen LogP contribution in [0, 0.1) is 17.7 Å². The molecule has 0 radical (unpaired) electrons. The Hall–Kier alpha value is -0.760. The number of alkyl halides is 1. The third-order valence-electron chi connectivity index (χ3n) is 4.23. The molecule has 0 aromatic heterocycles. The highest BCUT2D eigenvalue weighted by atomic mass is 35.5. The predicted molar refractivity (Wildman–Crippen MR) is 69.0 cm³/mol. The zero-order chi connectivity index (χ0) is 11.8. The Balaban J connectivity index is 1.81. The van der Waals surface area contributed by atoms with E-state index < -0.39 is 0 Å². The van der Waals surface area contributed by atoms with Gasteiger partial charge >= 0.3 is 0 Å². The molecule has 1 aliphatic carbocycles. The van der Waals surface area contributed by atoms with Crippen molar-refractivity contribution in [2.24, 2.45) is 11.8 Å². The fourth-order valence-electron chi connectivity index (χ4n) is 3.32. The molecule has 1 saturated carbocycles. The van der Waals surface area contributed by atoms with Gasteiger partial charge in [0.15, 0.2) is 0 Å². The molecule has 1 saturated heterocycles. The number of fused-ring (bicyclic) bond motifs is 1. The largest absolute Gasteiger partial charge is 0.369 e. The summed E-state index contributed by atoms with van der Waals surface area (Å²) in [5.74, 6) is 1.84. The molecule has 92 valence electrons. The highest BCUT2D eigenvalue weighted by molar-refractivity contribution is 6.17. The van der Waals surface area contributed by atoms with E-state index in [2.05, 4.69) is 4.90 Å². The fourth-order valence-corrected chi connectivity index (χ4v) is 3.49. The van der Waals surface area contributed by atoms with Crippen molar-refractivity contribution in [3.05, 3.63) is 29.6 Å². The minimum Gasteiger partial charge on any atom is -0.369 e. The summed E-state index contributed by atoms with van der Waals surface area (Å²) in [5.41, 5.74) is 1.61. The molecule has 0 spiro atoms. The van der Waals surface area contributed by atoms with Crippen LogP contribution in [0.5, 0.6) is 0 Å². The lowest BCUT2D eigenvalue weighted by atomic mass is 10.0. The molecule has 2 fully saturated rings. The average molecular weight is 254 g/mol. The van der Waals surface area contributed by atoms with E-state index in [1.165, 1.54) is 19.3 Å². The molecule has 1 aromatic rings. The maximum absolute atomic E-state index is 14.0. The van der Waals surface area contributed by atoms with Gasteiger partial charge in [0.2, 0.25) is 0 Å². The van der Waals surface area contributed by atoms with Crippen molar-refractivity contribution in [1.82, 2.24) is 0 Å². The standard InChI is InChI=1S/C14H17ClFN/c15-7-10-4-5-14(13(16)6-10)17-8-11-2-1-3-12(11)9-17/h4-6,11-12H,1-3,7-9H2. The summed E-state index contributed by atoms with van der Waals surface area (Å²) >= 11 is 5.71. The molecule has 3 rings (SSSR count). The highest BCUT2D eigenvalue weighted by Gasteiger charge is 2.36. The van der Waals surface area contributed by atoms with Crippen LogP contribution < -0.4 is 4.90 Å². The predicted octanol–water partition coefficient (Wildman–Crippen LogP) is 3.80. The molecule has 2 unspecified atom stereocenters. The summed E-state index contributed by atoms with van der Waals surface area (Å²) in [4.78, 5) is 2.21. The fraction of sp³-hybridized carbons (Fsp3) is 0.571. The van der Waals surface area contributed by atoms with Gasteiger partial charge in [0.25, 0.3) is 0 Å². The summed E-state index contributed by atoms with van der Waals surface area (Å²) in [7, 11) is 0. The molecule has 2 aliphatic rings. The monoisotopic (exact) mass is 253 g/mol. The summed E-state index contributed by atoms with van der Waals surface area (Å²) in [6.45, 7) is 2.06. The lowest BCUT2D eigenvalue weighted by molar-refractivity contribution is 0.494. The Kier molecular flexibility index (Phi) is 2.99. The van der Waals surface area contributed by atoms with Crippen LogP contribution in [0.3, 0.4) is 0 Å². The van der Waals surface area contributed by atoms with E-state index in [0.29, 0.717) is 5.88 Å². The normalized spacial score (nSPS) is 27.5. The van der Waals surface area contributed by atoms with Gasteiger partial charge in [0.05, 0.1) is 5.69 Å². The summed E-state index contributed by atoms with van der Waals surface area (Å²) in [5, 5.41) is 0. The van der Waals surface area contributed by atoms with Gasteiger partial charge in [0, 0.05) is 19.0 Å². The van der Waals surface area contributed by atoms with Gasteiger partial charge in [-0.25, -0.2) is 4.39 Å². The van der Waals surface area contributed by atoms with E-state index in [0.717, 1.165) is 36.2 Å². The summed E-state index contributed by atoms with van der Waals surface area (Å²) in [6.07, 6.45) is 4.00. The molecule has 1 aromatic carbocycles. The SMILES string of the molecule is Fc1cc(CCl)ccc1N1CC2CCCC2C1. The Bertz CT molecular complexity index is 409. The van der Waals surface area contributed by atoms with E-state index in [9.17, 15) is 4.39 Å². The van der Waals surface area contributed by atoms with Crippen LogP contribution in [0.4, 0.5) is 10.1 Å². The van der Waals surface area contributed by atoms with Crippen molar-refractivity contribution in [1.29, 1.82) is 0 Å². The van der Waals surface area contributed by atoms with Crippen LogP contribution in [-0.2, 0) is 5.88 Å². The second-order valence-corrected chi connectivity index (χ2v) is 5.54. The minimum absolute atomic E-state index is 0.122. The third kappa shape index (κ3) is 2.03. The zero-order valence-corrected chi connectivity index (χ0v) is 10.6. The molecule has 0 N–H and O–H groups in total. The first-order valence-corrected chi connectivity index (χ1v) is 6.90. The van der Waals surface area contributed by atoms with Crippen molar-refractivity contribution in [3.63, 3.8) is 0 Å². The first-order valence-electron chi connectivity index (χ1n) is 6.37. The van der Waals surface area contributed by atoms with Gasteiger partial charge in [-0.1, -0.05) is 12.5 Å². The third-order valence-corrected chi connectivity index (χ3v) is 4.54. The molecule has 1 nitrogen and oxygen atoms in total. The van der Waals surface area contributed by atoms with Crippen molar-refractivity contribution < 1.29 is 4.39 Å². The van der Waals surface area contributed by atoms with E-state index in [1.807, 2.05) is 12.1 Å². The van der Waals surface area contributed by atoms with Crippen molar-refractivity contribution in [2.75, 3.05) is 18.0 Å². The smallest absolute Gasteiger partial charge is 0.146 e. The van der Waals surface area contributed by atoms with E-state index in [4.69, 9.17) is 11.6 Å². The van der Waals surface area contributed by atoms with Gasteiger partial charge in [-0.2, -0.15) is 0 Å². The molecule has 0 bridgehead atoms. The molecule has 17 heavy (non-hydrogen) atoms. The lowest BCUT2D eigenvalue weighted by Gasteiger charge is -2.20. The van der Waals surface area contributed by atoms with Crippen LogP contribution in [0.15, 0.2) is 18.2 Å². The number of halogens is 2. The Labute approximate surface area is 107 Å². The van der Waals surface area contributed by atoms with Crippen molar-refractivity contribution in [3.8, 4) is 0 Å². The van der Waals surface area contributed by atoms with Gasteiger partial charge in [-0.15, -0.1) is 11.6 Å². The van der Waals surface area contributed by atoms with E-state index in [-0.39, 0.29) is 5.82 Å². The topological polar surface area (TPSA) is 3.24 Å². The number of nitrogens with zero attached hydrogens (tertiary/aromatic N) is 1. The Morgan fingerprint density at radius 3 is 2.53 bits per heavy atom. The van der Waals surface area contributed by atoms with Crippen LogP contribution in [0.2, 0.25) is 0 Å². The number of benzene rings is 1. The molecule has 3 heteroatoms. The number of anilines is 1. The molecule has 1 heterocycles. The summed E-state index contributed by atoms with van der Waals surface area (Å²) < 4.78 is 14.0. The second-order valence-electron chi connectivity index (χ2n) is 5.28. The minimum atomic E-state index is -0.122. The van der Waals surface area contributed by atoms with Crippen LogP contribution in [0.1, 0.15) is 24.8 Å². The van der Waals surface area contributed by atoms with Gasteiger partial charge in [-0.3, -0.25) is 0 Å². The van der Waals surface area contributed by atoms with E-state index in [1.54, 1.807) is 6.07 Å². The second kappa shape index (κ2) is 4.49. The van der Waals surface area contributed by atoms with E-state index >= 15 is 0 Å². The first kappa shape index (κ1) is 11.3. The number of hydrogen-bond acceptors (Lipinski definition) is 1.